The number of rotatable bonds is 4. The van der Waals surface area contributed by atoms with E-state index >= 15 is 0 Å². The highest BCUT2D eigenvalue weighted by Gasteiger charge is 2.16. The summed E-state index contributed by atoms with van der Waals surface area (Å²) < 4.78 is 0. The molecule has 2 heterocycles. The Hall–Kier alpha value is -2.14. The van der Waals surface area contributed by atoms with Crippen molar-refractivity contribution in [3.8, 4) is 0 Å². The van der Waals surface area contributed by atoms with E-state index < -0.39 is 0 Å². The minimum absolute atomic E-state index is 0.138. The molecule has 0 aliphatic carbocycles. The molecule has 1 aliphatic rings. The highest BCUT2D eigenvalue weighted by atomic mass is 35.5. The standard InChI is InChI=1S/C17H19ClN4O/c1-12-10-15(21-17(20-12)22-8-2-3-9-22)11-19-16(23)13-4-6-14(18)7-5-13/h4-7,10H,2-3,8-9,11H2,1H3,(H,19,23). The minimum Gasteiger partial charge on any atom is -0.346 e. The Labute approximate surface area is 140 Å². The van der Waals surface area contributed by atoms with Crippen molar-refractivity contribution in [1.29, 1.82) is 0 Å². The van der Waals surface area contributed by atoms with Gasteiger partial charge in [-0.1, -0.05) is 11.6 Å². The summed E-state index contributed by atoms with van der Waals surface area (Å²) in [7, 11) is 0. The second-order valence-corrected chi connectivity index (χ2v) is 6.12. The summed E-state index contributed by atoms with van der Waals surface area (Å²) in [6, 6.07) is 8.73. The first-order valence-electron chi connectivity index (χ1n) is 7.75. The van der Waals surface area contributed by atoms with E-state index in [1.807, 2.05) is 13.0 Å². The quantitative estimate of drug-likeness (QED) is 0.936. The first-order chi connectivity index (χ1) is 11.1. The molecule has 1 aromatic heterocycles. The summed E-state index contributed by atoms with van der Waals surface area (Å²) in [5.74, 6) is 0.624. The Bertz CT molecular complexity index is 696. The Morgan fingerprint density at radius 1 is 1.22 bits per heavy atom. The molecule has 1 aliphatic heterocycles. The van der Waals surface area contributed by atoms with Crippen molar-refractivity contribution < 1.29 is 4.79 Å². The molecule has 0 saturated carbocycles. The van der Waals surface area contributed by atoms with Crippen LogP contribution in [0.5, 0.6) is 0 Å². The number of anilines is 1. The zero-order chi connectivity index (χ0) is 16.2. The van der Waals surface area contributed by atoms with Crippen molar-refractivity contribution in [2.24, 2.45) is 0 Å². The van der Waals surface area contributed by atoms with Crippen LogP contribution in [-0.2, 0) is 6.54 Å². The molecule has 5 nitrogen and oxygen atoms in total. The topological polar surface area (TPSA) is 58.1 Å². The number of aromatic nitrogens is 2. The van der Waals surface area contributed by atoms with Gasteiger partial charge in [0, 0.05) is 29.4 Å². The van der Waals surface area contributed by atoms with Gasteiger partial charge in [0.15, 0.2) is 0 Å². The van der Waals surface area contributed by atoms with Crippen molar-refractivity contribution in [3.05, 3.63) is 52.3 Å². The van der Waals surface area contributed by atoms with Gasteiger partial charge in [0.2, 0.25) is 5.95 Å². The van der Waals surface area contributed by atoms with Gasteiger partial charge in [-0.05, 0) is 50.1 Å². The number of carbonyl (C=O) groups excluding carboxylic acids is 1. The Morgan fingerprint density at radius 2 is 1.91 bits per heavy atom. The second kappa shape index (κ2) is 6.96. The lowest BCUT2D eigenvalue weighted by Crippen LogP contribution is -2.25. The summed E-state index contributed by atoms with van der Waals surface area (Å²) in [5.41, 5.74) is 2.32. The molecule has 0 atom stereocenters. The number of nitrogens with one attached hydrogen (secondary N) is 1. The number of benzene rings is 1. The van der Waals surface area contributed by atoms with Crippen molar-refractivity contribution in [1.82, 2.24) is 15.3 Å². The summed E-state index contributed by atoms with van der Waals surface area (Å²) in [6.45, 7) is 4.33. The third kappa shape index (κ3) is 3.99. The summed E-state index contributed by atoms with van der Waals surface area (Å²) in [4.78, 5) is 23.4. The molecule has 1 amide bonds. The molecule has 0 unspecified atom stereocenters. The van der Waals surface area contributed by atoms with Crippen LogP contribution in [0.1, 0.15) is 34.6 Å². The molecule has 0 radical (unpaired) electrons. The lowest BCUT2D eigenvalue weighted by atomic mass is 10.2. The fourth-order valence-corrected chi connectivity index (χ4v) is 2.77. The molecule has 1 saturated heterocycles. The fraction of sp³-hybridized carbons (Fsp3) is 0.353. The Balaban J connectivity index is 1.67. The number of amides is 1. The van der Waals surface area contributed by atoms with Gasteiger partial charge >= 0.3 is 0 Å². The zero-order valence-electron chi connectivity index (χ0n) is 13.1. The molecular weight excluding hydrogens is 312 g/mol. The van der Waals surface area contributed by atoms with E-state index in [0.29, 0.717) is 17.1 Å². The molecule has 1 aromatic carbocycles. The van der Waals surface area contributed by atoms with Gasteiger partial charge in [-0.15, -0.1) is 0 Å². The van der Waals surface area contributed by atoms with Crippen molar-refractivity contribution in [2.75, 3.05) is 18.0 Å². The van der Waals surface area contributed by atoms with Crippen LogP contribution in [-0.4, -0.2) is 29.0 Å². The van der Waals surface area contributed by atoms with E-state index in [9.17, 15) is 4.79 Å². The van der Waals surface area contributed by atoms with E-state index in [4.69, 9.17) is 11.6 Å². The molecular formula is C17H19ClN4O. The van der Waals surface area contributed by atoms with Gasteiger partial charge in [0.1, 0.15) is 0 Å². The SMILES string of the molecule is Cc1cc(CNC(=O)c2ccc(Cl)cc2)nc(N2CCCC2)n1. The molecule has 1 N–H and O–H groups in total. The predicted octanol–water partition coefficient (Wildman–Crippen LogP) is 2.97. The Morgan fingerprint density at radius 3 is 2.61 bits per heavy atom. The maximum Gasteiger partial charge on any atom is 0.251 e. The molecule has 1 fully saturated rings. The van der Waals surface area contributed by atoms with E-state index in [0.717, 1.165) is 30.4 Å². The van der Waals surface area contributed by atoms with Crippen LogP contribution >= 0.6 is 11.6 Å². The predicted molar refractivity (Wildman–Crippen MR) is 90.8 cm³/mol. The van der Waals surface area contributed by atoms with Crippen LogP contribution in [0.25, 0.3) is 0 Å². The van der Waals surface area contributed by atoms with Crippen LogP contribution in [0.3, 0.4) is 0 Å². The third-order valence-electron chi connectivity index (χ3n) is 3.82. The van der Waals surface area contributed by atoms with Crippen LogP contribution in [0.2, 0.25) is 5.02 Å². The van der Waals surface area contributed by atoms with Crippen molar-refractivity contribution in [3.63, 3.8) is 0 Å². The van der Waals surface area contributed by atoms with E-state index in [1.165, 1.54) is 12.8 Å². The highest BCUT2D eigenvalue weighted by Crippen LogP contribution is 2.16. The van der Waals surface area contributed by atoms with E-state index in [-0.39, 0.29) is 5.91 Å². The number of hydrogen-bond acceptors (Lipinski definition) is 4. The van der Waals surface area contributed by atoms with E-state index in [2.05, 4.69) is 20.2 Å². The van der Waals surface area contributed by atoms with Gasteiger partial charge in [-0.2, -0.15) is 0 Å². The Kier molecular flexibility index (Phi) is 4.76. The third-order valence-corrected chi connectivity index (χ3v) is 4.07. The number of halogens is 1. The molecule has 120 valence electrons. The zero-order valence-corrected chi connectivity index (χ0v) is 13.8. The van der Waals surface area contributed by atoms with Crippen molar-refractivity contribution in [2.45, 2.75) is 26.3 Å². The van der Waals surface area contributed by atoms with Gasteiger partial charge < -0.3 is 10.2 Å². The average molecular weight is 331 g/mol. The molecule has 0 spiro atoms. The minimum atomic E-state index is -0.138. The summed E-state index contributed by atoms with van der Waals surface area (Å²) >= 11 is 5.83. The first kappa shape index (κ1) is 15.7. The lowest BCUT2D eigenvalue weighted by Gasteiger charge is -2.16. The van der Waals surface area contributed by atoms with Crippen LogP contribution in [0.4, 0.5) is 5.95 Å². The van der Waals surface area contributed by atoms with Crippen LogP contribution in [0.15, 0.2) is 30.3 Å². The molecule has 6 heteroatoms. The molecule has 3 rings (SSSR count). The smallest absolute Gasteiger partial charge is 0.251 e. The lowest BCUT2D eigenvalue weighted by molar-refractivity contribution is 0.0950. The van der Waals surface area contributed by atoms with Crippen molar-refractivity contribution >= 4 is 23.5 Å². The number of nitrogens with zero attached hydrogens (tertiary/aromatic N) is 3. The number of hydrogen-bond donors (Lipinski definition) is 1. The molecule has 23 heavy (non-hydrogen) atoms. The average Bonchev–Trinajstić information content (AvgIpc) is 3.07. The maximum absolute atomic E-state index is 12.1. The van der Waals surface area contributed by atoms with Crippen LogP contribution in [0, 0.1) is 6.92 Å². The number of aryl methyl sites for hydroxylation is 1. The number of carbonyl (C=O) groups is 1. The second-order valence-electron chi connectivity index (χ2n) is 5.68. The van der Waals surface area contributed by atoms with Gasteiger partial charge in [-0.25, -0.2) is 9.97 Å². The molecule has 0 bridgehead atoms. The summed E-state index contributed by atoms with van der Waals surface area (Å²) in [6.07, 6.45) is 2.36. The van der Waals surface area contributed by atoms with Gasteiger partial charge in [-0.3, -0.25) is 4.79 Å². The molecule has 2 aromatic rings. The van der Waals surface area contributed by atoms with Crippen LogP contribution < -0.4 is 10.2 Å². The first-order valence-corrected chi connectivity index (χ1v) is 8.13. The maximum atomic E-state index is 12.1. The monoisotopic (exact) mass is 330 g/mol. The fourth-order valence-electron chi connectivity index (χ4n) is 2.64. The summed E-state index contributed by atoms with van der Waals surface area (Å²) in [5, 5.41) is 3.50. The van der Waals surface area contributed by atoms with Gasteiger partial charge in [0.05, 0.1) is 12.2 Å². The van der Waals surface area contributed by atoms with Gasteiger partial charge in [0.25, 0.3) is 5.91 Å². The largest absolute Gasteiger partial charge is 0.346 e. The van der Waals surface area contributed by atoms with E-state index in [1.54, 1.807) is 24.3 Å². The highest BCUT2D eigenvalue weighted by molar-refractivity contribution is 6.30. The normalized spacial score (nSPS) is 14.1.